The van der Waals surface area contributed by atoms with E-state index in [1.54, 1.807) is 12.1 Å². The molecule has 3 heteroatoms. The molecule has 0 aliphatic rings. The Bertz CT molecular complexity index is 256. The number of hydrogen-bond acceptors (Lipinski definition) is 2. The van der Waals surface area contributed by atoms with Crippen LogP contribution in [-0.4, -0.2) is 4.98 Å². The lowest BCUT2D eigenvalue weighted by Crippen LogP contribution is -2.09. The molecule has 1 rings (SSSR count). The maximum absolute atomic E-state index is 12.4. The molecule has 0 aliphatic carbocycles. The summed E-state index contributed by atoms with van der Waals surface area (Å²) in [5, 5.41) is 0. The number of nitrogens with two attached hydrogens (primary N) is 1. The standard InChI is InChI=1S/C9H11FN2/c1-2-3-8(11)7-4-5-9(10)12-6-7/h2,4-6,8H,1,3,11H2/t8-/m1/s1. The van der Waals surface area contributed by atoms with Crippen LogP contribution in [0.1, 0.15) is 18.0 Å². The van der Waals surface area contributed by atoms with Gasteiger partial charge in [0, 0.05) is 12.2 Å². The molecule has 0 aromatic carbocycles. The number of nitrogens with zero attached hydrogens (tertiary/aromatic N) is 1. The van der Waals surface area contributed by atoms with Crippen LogP contribution in [-0.2, 0) is 0 Å². The third-order valence-corrected chi connectivity index (χ3v) is 1.60. The van der Waals surface area contributed by atoms with Gasteiger partial charge in [-0.1, -0.05) is 12.1 Å². The minimum Gasteiger partial charge on any atom is -0.324 e. The van der Waals surface area contributed by atoms with Gasteiger partial charge in [-0.25, -0.2) is 4.98 Å². The molecule has 2 N–H and O–H groups in total. The Balaban J connectivity index is 2.74. The van der Waals surface area contributed by atoms with Gasteiger partial charge in [0.25, 0.3) is 0 Å². The summed E-state index contributed by atoms with van der Waals surface area (Å²) >= 11 is 0. The number of aromatic nitrogens is 1. The molecule has 0 spiro atoms. The van der Waals surface area contributed by atoms with Crippen molar-refractivity contribution in [2.24, 2.45) is 5.73 Å². The lowest BCUT2D eigenvalue weighted by atomic mass is 10.1. The van der Waals surface area contributed by atoms with Crippen molar-refractivity contribution < 1.29 is 4.39 Å². The van der Waals surface area contributed by atoms with Crippen LogP contribution < -0.4 is 5.73 Å². The Hall–Kier alpha value is -1.22. The van der Waals surface area contributed by atoms with Crippen LogP contribution in [0.2, 0.25) is 0 Å². The van der Waals surface area contributed by atoms with Gasteiger partial charge in [-0.2, -0.15) is 4.39 Å². The molecule has 1 aromatic rings. The molecule has 64 valence electrons. The maximum atomic E-state index is 12.4. The first kappa shape index (κ1) is 8.87. The van der Waals surface area contributed by atoms with E-state index in [1.807, 2.05) is 0 Å². The van der Waals surface area contributed by atoms with E-state index in [2.05, 4.69) is 11.6 Å². The second-order valence-electron chi connectivity index (χ2n) is 2.55. The van der Waals surface area contributed by atoms with Gasteiger partial charge in [0.15, 0.2) is 0 Å². The fraction of sp³-hybridized carbons (Fsp3) is 0.222. The minimum absolute atomic E-state index is 0.129. The molecule has 0 aliphatic heterocycles. The summed E-state index contributed by atoms with van der Waals surface area (Å²) in [5.74, 6) is -0.482. The van der Waals surface area contributed by atoms with Crippen LogP contribution in [0.15, 0.2) is 31.0 Å². The van der Waals surface area contributed by atoms with E-state index in [1.165, 1.54) is 12.3 Å². The van der Waals surface area contributed by atoms with E-state index < -0.39 is 5.95 Å². The molecule has 0 radical (unpaired) electrons. The van der Waals surface area contributed by atoms with Crippen LogP contribution in [0, 0.1) is 5.95 Å². The Labute approximate surface area is 70.9 Å². The Morgan fingerprint density at radius 1 is 1.67 bits per heavy atom. The molecule has 12 heavy (non-hydrogen) atoms. The van der Waals surface area contributed by atoms with Crippen molar-refractivity contribution in [2.75, 3.05) is 0 Å². The van der Waals surface area contributed by atoms with Crippen LogP contribution >= 0.6 is 0 Å². The molecule has 0 fully saturated rings. The smallest absolute Gasteiger partial charge is 0.212 e. The lowest BCUT2D eigenvalue weighted by molar-refractivity contribution is 0.579. The van der Waals surface area contributed by atoms with Crippen LogP contribution in [0.4, 0.5) is 4.39 Å². The highest BCUT2D eigenvalue weighted by atomic mass is 19.1. The van der Waals surface area contributed by atoms with Gasteiger partial charge in [-0.05, 0) is 18.1 Å². The normalized spacial score (nSPS) is 12.5. The van der Waals surface area contributed by atoms with Gasteiger partial charge in [-0.15, -0.1) is 6.58 Å². The van der Waals surface area contributed by atoms with E-state index in [4.69, 9.17) is 5.73 Å². The fourth-order valence-electron chi connectivity index (χ4n) is 0.922. The highest BCUT2D eigenvalue weighted by molar-refractivity contribution is 5.14. The molecule has 0 bridgehead atoms. The minimum atomic E-state index is -0.482. The monoisotopic (exact) mass is 166 g/mol. The average molecular weight is 166 g/mol. The highest BCUT2D eigenvalue weighted by Crippen LogP contribution is 2.12. The van der Waals surface area contributed by atoms with Gasteiger partial charge >= 0.3 is 0 Å². The summed E-state index contributed by atoms with van der Waals surface area (Å²) in [7, 11) is 0. The number of halogens is 1. The van der Waals surface area contributed by atoms with Gasteiger partial charge in [0.05, 0.1) is 0 Å². The van der Waals surface area contributed by atoms with E-state index in [9.17, 15) is 4.39 Å². The number of hydrogen-bond donors (Lipinski definition) is 1. The van der Waals surface area contributed by atoms with Crippen molar-refractivity contribution in [3.8, 4) is 0 Å². The lowest BCUT2D eigenvalue weighted by Gasteiger charge is -2.07. The molecule has 0 amide bonds. The Morgan fingerprint density at radius 2 is 2.42 bits per heavy atom. The van der Waals surface area contributed by atoms with Crippen LogP contribution in [0.5, 0.6) is 0 Å². The predicted molar refractivity (Wildman–Crippen MR) is 45.9 cm³/mol. The molecule has 0 saturated carbocycles. The summed E-state index contributed by atoms with van der Waals surface area (Å²) < 4.78 is 12.4. The summed E-state index contributed by atoms with van der Waals surface area (Å²) in [6, 6.07) is 2.81. The van der Waals surface area contributed by atoms with Crippen molar-refractivity contribution >= 4 is 0 Å². The molecule has 1 atom stereocenters. The van der Waals surface area contributed by atoms with E-state index in [0.717, 1.165) is 5.56 Å². The molecule has 0 saturated heterocycles. The summed E-state index contributed by atoms with van der Waals surface area (Å²) in [6.07, 6.45) is 3.85. The fourth-order valence-corrected chi connectivity index (χ4v) is 0.922. The van der Waals surface area contributed by atoms with Gasteiger partial charge in [-0.3, -0.25) is 0 Å². The molecular formula is C9H11FN2. The van der Waals surface area contributed by atoms with Crippen molar-refractivity contribution in [2.45, 2.75) is 12.5 Å². The van der Waals surface area contributed by atoms with Crippen molar-refractivity contribution in [3.63, 3.8) is 0 Å². The first-order chi connectivity index (χ1) is 5.74. The van der Waals surface area contributed by atoms with E-state index in [0.29, 0.717) is 6.42 Å². The summed E-state index contributed by atoms with van der Waals surface area (Å²) in [5.41, 5.74) is 6.55. The van der Waals surface area contributed by atoms with Crippen LogP contribution in [0.25, 0.3) is 0 Å². The highest BCUT2D eigenvalue weighted by Gasteiger charge is 2.03. The second kappa shape index (κ2) is 3.97. The average Bonchev–Trinajstić information content (AvgIpc) is 2.06. The summed E-state index contributed by atoms with van der Waals surface area (Å²) in [6.45, 7) is 3.57. The largest absolute Gasteiger partial charge is 0.324 e. The van der Waals surface area contributed by atoms with Gasteiger partial charge in [0.2, 0.25) is 5.95 Å². The zero-order valence-corrected chi connectivity index (χ0v) is 6.70. The third kappa shape index (κ3) is 2.13. The number of pyridine rings is 1. The molecule has 0 unspecified atom stereocenters. The molecule has 2 nitrogen and oxygen atoms in total. The maximum Gasteiger partial charge on any atom is 0.212 e. The number of rotatable bonds is 3. The van der Waals surface area contributed by atoms with E-state index >= 15 is 0 Å². The quantitative estimate of drug-likeness (QED) is 0.549. The predicted octanol–water partition coefficient (Wildman–Crippen LogP) is 1.80. The first-order valence-electron chi connectivity index (χ1n) is 3.72. The van der Waals surface area contributed by atoms with Crippen molar-refractivity contribution in [1.29, 1.82) is 0 Å². The Kier molecular flexibility index (Phi) is 2.94. The van der Waals surface area contributed by atoms with Crippen molar-refractivity contribution in [1.82, 2.24) is 4.98 Å². The molecular weight excluding hydrogens is 155 g/mol. The van der Waals surface area contributed by atoms with Crippen molar-refractivity contribution in [3.05, 3.63) is 42.5 Å². The van der Waals surface area contributed by atoms with E-state index in [-0.39, 0.29) is 6.04 Å². The first-order valence-corrected chi connectivity index (χ1v) is 3.72. The third-order valence-electron chi connectivity index (χ3n) is 1.60. The Morgan fingerprint density at radius 3 is 2.92 bits per heavy atom. The zero-order chi connectivity index (χ0) is 8.97. The molecule has 1 aromatic heterocycles. The second-order valence-corrected chi connectivity index (χ2v) is 2.55. The summed E-state index contributed by atoms with van der Waals surface area (Å²) in [4.78, 5) is 3.50. The van der Waals surface area contributed by atoms with Gasteiger partial charge in [0.1, 0.15) is 0 Å². The molecule has 1 heterocycles. The zero-order valence-electron chi connectivity index (χ0n) is 6.70. The van der Waals surface area contributed by atoms with Gasteiger partial charge < -0.3 is 5.73 Å². The topological polar surface area (TPSA) is 38.9 Å². The van der Waals surface area contributed by atoms with Crippen LogP contribution in [0.3, 0.4) is 0 Å². The SMILES string of the molecule is C=CC[C@@H](N)c1ccc(F)nc1.